The van der Waals surface area contributed by atoms with E-state index in [9.17, 15) is 30.6 Å². The molecule has 2 N–H and O–H groups in total. The fourth-order valence-electron chi connectivity index (χ4n) is 3.45. The summed E-state index contributed by atoms with van der Waals surface area (Å²) in [7, 11) is -2.06. The molecule has 1 unspecified atom stereocenters. The van der Waals surface area contributed by atoms with E-state index in [1.807, 2.05) is 20.8 Å². The molecule has 11 heteroatoms. The summed E-state index contributed by atoms with van der Waals surface area (Å²) < 4.78 is 94.5. The first-order valence-corrected chi connectivity index (χ1v) is 11.4. The normalized spacial score (nSPS) is 16.0. The third-order valence-electron chi connectivity index (χ3n) is 4.96. The minimum Gasteiger partial charge on any atom is -0.347 e. The largest absolute Gasteiger partial charge is 0.417 e. The predicted molar refractivity (Wildman–Crippen MR) is 114 cm³/mol. The molecule has 176 valence electrons. The first kappa shape index (κ1) is 26.2. The van der Waals surface area contributed by atoms with E-state index in [-0.39, 0.29) is 32.9 Å². The number of rotatable bonds is 5. The Labute approximate surface area is 188 Å². The Morgan fingerprint density at radius 2 is 1.61 bits per heavy atom. The number of nitrogens with two attached hydrogens (primary N) is 1. The first-order chi connectivity index (χ1) is 13.7. The van der Waals surface area contributed by atoms with Gasteiger partial charge >= 0.3 is 12.4 Å². The molecule has 1 heterocycles. The van der Waals surface area contributed by atoms with Crippen LogP contribution in [-0.2, 0) is 23.7 Å². The molecule has 31 heavy (non-hydrogen) atoms. The van der Waals surface area contributed by atoms with Gasteiger partial charge in [0.05, 0.1) is 27.2 Å². The van der Waals surface area contributed by atoms with E-state index in [1.54, 1.807) is 4.57 Å². The van der Waals surface area contributed by atoms with Crippen molar-refractivity contribution in [3.63, 3.8) is 0 Å². The first-order valence-electron chi connectivity index (χ1n) is 9.36. The maximum atomic E-state index is 14.1. The van der Waals surface area contributed by atoms with Gasteiger partial charge in [0.15, 0.2) is 0 Å². The zero-order valence-electron chi connectivity index (χ0n) is 17.7. The van der Waals surface area contributed by atoms with E-state index in [0.29, 0.717) is 0 Å². The van der Waals surface area contributed by atoms with E-state index in [4.69, 9.17) is 5.14 Å². The van der Waals surface area contributed by atoms with E-state index >= 15 is 0 Å². The van der Waals surface area contributed by atoms with Gasteiger partial charge < -0.3 is 4.57 Å². The van der Waals surface area contributed by atoms with Crippen LogP contribution in [0.1, 0.15) is 58.1 Å². The van der Waals surface area contributed by atoms with Gasteiger partial charge in [0.2, 0.25) is 0 Å². The smallest absolute Gasteiger partial charge is 0.347 e. The third-order valence-corrected chi connectivity index (χ3v) is 6.87. The standard InChI is InChI=1S/C20H25BrF6N2OS/c1-17(2,3)10-29-9-12(14(20(25,26)27)8-18(4,5)31(28)30)11-6-13(19(22,23)24)15(21)7-16(11)29/h6-7,9,14H,8,10,28H2,1-5H3/t14-,31?/m0/s1. The maximum Gasteiger partial charge on any atom is 0.417 e. The number of halogens is 7. The Kier molecular flexibility index (Phi) is 7.07. The van der Waals surface area contributed by atoms with E-state index in [1.165, 1.54) is 26.1 Å². The molecule has 0 saturated heterocycles. The van der Waals surface area contributed by atoms with Gasteiger partial charge in [0.25, 0.3) is 0 Å². The molecule has 0 saturated carbocycles. The van der Waals surface area contributed by atoms with Gasteiger partial charge in [-0.2, -0.15) is 26.3 Å². The number of fused-ring (bicyclic) bond motifs is 1. The highest BCUT2D eigenvalue weighted by molar-refractivity contribution is 9.10. The lowest BCUT2D eigenvalue weighted by Gasteiger charge is -2.29. The molecule has 0 spiro atoms. The van der Waals surface area contributed by atoms with Gasteiger partial charge in [-0.25, -0.2) is 4.21 Å². The van der Waals surface area contributed by atoms with Crippen molar-refractivity contribution in [2.24, 2.45) is 10.6 Å². The van der Waals surface area contributed by atoms with Crippen molar-refractivity contribution in [1.82, 2.24) is 4.57 Å². The molecule has 3 nitrogen and oxygen atoms in total. The molecule has 0 aliphatic heterocycles. The molecule has 2 rings (SSSR count). The minimum atomic E-state index is -4.77. The maximum absolute atomic E-state index is 14.1. The summed E-state index contributed by atoms with van der Waals surface area (Å²) in [5.74, 6) is -2.14. The number of alkyl halides is 6. The summed E-state index contributed by atoms with van der Waals surface area (Å²) in [6.07, 6.45) is -8.90. The van der Waals surface area contributed by atoms with Crippen LogP contribution in [0.5, 0.6) is 0 Å². The van der Waals surface area contributed by atoms with Crippen molar-refractivity contribution in [3.8, 4) is 0 Å². The van der Waals surface area contributed by atoms with Crippen LogP contribution in [-0.4, -0.2) is 19.7 Å². The highest BCUT2D eigenvalue weighted by Crippen LogP contribution is 2.46. The van der Waals surface area contributed by atoms with Crippen LogP contribution >= 0.6 is 15.9 Å². The van der Waals surface area contributed by atoms with Gasteiger partial charge in [0, 0.05) is 28.1 Å². The summed E-state index contributed by atoms with van der Waals surface area (Å²) in [4.78, 5) is 0. The summed E-state index contributed by atoms with van der Waals surface area (Å²) in [5.41, 5.74) is -1.43. The number of hydrogen-bond donors (Lipinski definition) is 1. The molecule has 0 aliphatic rings. The van der Waals surface area contributed by atoms with Crippen molar-refractivity contribution in [2.45, 2.75) is 70.6 Å². The predicted octanol–water partition coefficient (Wildman–Crippen LogP) is 6.91. The molecule has 1 aromatic carbocycles. The van der Waals surface area contributed by atoms with Gasteiger partial charge in [-0.05, 0) is 43.4 Å². The number of nitrogens with zero attached hydrogens (tertiary/aromatic N) is 1. The molecule has 0 radical (unpaired) electrons. The van der Waals surface area contributed by atoms with Crippen molar-refractivity contribution < 1.29 is 30.6 Å². The summed E-state index contributed by atoms with van der Waals surface area (Å²) in [6.45, 7) is 8.60. The van der Waals surface area contributed by atoms with E-state index in [0.717, 1.165) is 6.07 Å². The zero-order valence-corrected chi connectivity index (χ0v) is 20.1. The van der Waals surface area contributed by atoms with Crippen molar-refractivity contribution in [1.29, 1.82) is 0 Å². The molecule has 0 amide bonds. The second-order valence-electron chi connectivity index (χ2n) is 9.48. The summed E-state index contributed by atoms with van der Waals surface area (Å²) in [5, 5.41) is 5.25. The molecule has 0 bridgehead atoms. The SMILES string of the molecule is CC(C)(C)Cn1cc([C@H](CC(C)(C)S(N)=O)C(F)(F)F)c2cc(C(F)(F)F)c(Br)cc21. The highest BCUT2D eigenvalue weighted by Gasteiger charge is 2.46. The Morgan fingerprint density at radius 1 is 1.06 bits per heavy atom. The topological polar surface area (TPSA) is 48.0 Å². The lowest BCUT2D eigenvalue weighted by molar-refractivity contribution is -0.152. The molecule has 2 atom stereocenters. The Hall–Kier alpha value is -1.07. The molecule has 2 aromatic rings. The summed E-state index contributed by atoms with van der Waals surface area (Å²) in [6, 6.07) is 1.95. The van der Waals surface area contributed by atoms with Crippen molar-refractivity contribution in [2.75, 3.05) is 0 Å². The van der Waals surface area contributed by atoms with Crippen LogP contribution in [0.15, 0.2) is 22.8 Å². The van der Waals surface area contributed by atoms with Crippen molar-refractivity contribution in [3.05, 3.63) is 33.9 Å². The third kappa shape index (κ3) is 6.04. The average Bonchev–Trinajstić information content (AvgIpc) is 2.85. The number of aromatic nitrogens is 1. The van der Waals surface area contributed by atoms with E-state index < -0.39 is 46.0 Å². The summed E-state index contributed by atoms with van der Waals surface area (Å²) >= 11 is 2.91. The Balaban J connectivity index is 2.85. The van der Waals surface area contributed by atoms with Crippen LogP contribution in [0.4, 0.5) is 26.3 Å². The molecule has 0 fully saturated rings. The Morgan fingerprint density at radius 3 is 2.03 bits per heavy atom. The fraction of sp³-hybridized carbons (Fsp3) is 0.600. The molecular formula is C20H25BrF6N2OS. The van der Waals surface area contributed by atoms with Gasteiger partial charge in [-0.1, -0.05) is 36.7 Å². The van der Waals surface area contributed by atoms with E-state index in [2.05, 4.69) is 15.9 Å². The lowest BCUT2D eigenvalue weighted by Crippen LogP contribution is -2.37. The monoisotopic (exact) mass is 534 g/mol. The lowest BCUT2D eigenvalue weighted by atomic mass is 9.88. The minimum absolute atomic E-state index is 0.138. The second kappa shape index (κ2) is 8.37. The fourth-order valence-corrected chi connectivity index (χ4v) is 4.34. The van der Waals surface area contributed by atoms with Crippen molar-refractivity contribution >= 4 is 37.8 Å². The molecular weight excluding hydrogens is 510 g/mol. The Bertz CT molecular complexity index is 989. The van der Waals surface area contributed by atoms with Gasteiger partial charge in [0.1, 0.15) is 0 Å². The zero-order chi connectivity index (χ0) is 24.2. The quantitative estimate of drug-likeness (QED) is 0.416. The van der Waals surface area contributed by atoms with Crippen LogP contribution < -0.4 is 5.14 Å². The number of hydrogen-bond acceptors (Lipinski definition) is 1. The second-order valence-corrected chi connectivity index (χ2v) is 12.0. The van der Waals surface area contributed by atoms with Crippen LogP contribution in [0.3, 0.4) is 0 Å². The van der Waals surface area contributed by atoms with Crippen LogP contribution in [0.25, 0.3) is 10.9 Å². The molecule has 0 aliphatic carbocycles. The van der Waals surface area contributed by atoms with Crippen LogP contribution in [0.2, 0.25) is 0 Å². The van der Waals surface area contributed by atoms with Gasteiger partial charge in [-0.3, -0.25) is 5.14 Å². The van der Waals surface area contributed by atoms with Gasteiger partial charge in [-0.15, -0.1) is 0 Å². The molecule has 1 aromatic heterocycles. The average molecular weight is 535 g/mol. The van der Waals surface area contributed by atoms with Crippen LogP contribution in [0, 0.1) is 5.41 Å². The highest BCUT2D eigenvalue weighted by atomic mass is 79.9. The number of benzene rings is 1.